The summed E-state index contributed by atoms with van der Waals surface area (Å²) in [5.74, 6) is 1.77. The first-order valence-corrected chi connectivity index (χ1v) is 11.3. The van der Waals surface area contributed by atoms with Crippen molar-refractivity contribution in [1.29, 1.82) is 0 Å². The lowest BCUT2D eigenvalue weighted by molar-refractivity contribution is 0.102. The third-order valence-electron chi connectivity index (χ3n) is 4.52. The number of hydrogen-bond donors (Lipinski definition) is 1. The van der Waals surface area contributed by atoms with Crippen LogP contribution in [0.1, 0.15) is 63.2 Å². The molecule has 0 spiro atoms. The molecule has 2 aromatic rings. The molecule has 2 rings (SSSR count). The molecule has 0 aliphatic carbocycles. The molecule has 0 fully saturated rings. The van der Waals surface area contributed by atoms with E-state index in [0.717, 1.165) is 35.4 Å². The molecule has 2 aromatic carbocycles. The van der Waals surface area contributed by atoms with Crippen molar-refractivity contribution in [2.75, 3.05) is 18.5 Å². The molecule has 0 aromatic heterocycles. The zero-order valence-electron chi connectivity index (χ0n) is 17.7. The van der Waals surface area contributed by atoms with Gasteiger partial charge < -0.3 is 14.8 Å². The SMILES string of the molecule is CCCCCCOc1ccc(NC(=O)c2cc(Br)ccc2OCCC(C)C)cc1. The van der Waals surface area contributed by atoms with E-state index in [-0.39, 0.29) is 5.91 Å². The van der Waals surface area contributed by atoms with Crippen molar-refractivity contribution in [1.82, 2.24) is 0 Å². The molecule has 0 aliphatic heterocycles. The van der Waals surface area contributed by atoms with Crippen LogP contribution >= 0.6 is 15.9 Å². The van der Waals surface area contributed by atoms with Gasteiger partial charge in [0.1, 0.15) is 11.5 Å². The number of benzene rings is 2. The Morgan fingerprint density at radius 1 is 1.00 bits per heavy atom. The summed E-state index contributed by atoms with van der Waals surface area (Å²) in [6, 6.07) is 13.0. The van der Waals surface area contributed by atoms with Crippen LogP contribution < -0.4 is 14.8 Å². The maximum Gasteiger partial charge on any atom is 0.259 e. The molecule has 0 aliphatic rings. The van der Waals surface area contributed by atoms with Crippen LogP contribution in [0.15, 0.2) is 46.9 Å². The maximum atomic E-state index is 12.8. The summed E-state index contributed by atoms with van der Waals surface area (Å²) >= 11 is 3.44. The molecule has 5 heteroatoms. The van der Waals surface area contributed by atoms with Gasteiger partial charge in [-0.25, -0.2) is 0 Å². The van der Waals surface area contributed by atoms with Gasteiger partial charge >= 0.3 is 0 Å². The second-order valence-corrected chi connectivity index (χ2v) is 8.47. The molecule has 0 heterocycles. The van der Waals surface area contributed by atoms with Gasteiger partial charge in [0, 0.05) is 10.2 Å². The Morgan fingerprint density at radius 3 is 2.45 bits per heavy atom. The van der Waals surface area contributed by atoms with Crippen molar-refractivity contribution in [3.63, 3.8) is 0 Å². The summed E-state index contributed by atoms with van der Waals surface area (Å²) in [7, 11) is 0. The minimum atomic E-state index is -0.195. The second kappa shape index (κ2) is 12.5. The largest absolute Gasteiger partial charge is 0.494 e. The van der Waals surface area contributed by atoms with E-state index < -0.39 is 0 Å². The van der Waals surface area contributed by atoms with Crippen LogP contribution in [-0.4, -0.2) is 19.1 Å². The Kier molecular flexibility index (Phi) is 10.1. The Labute approximate surface area is 183 Å². The fraction of sp³-hybridized carbons (Fsp3) is 0.458. The Balaban J connectivity index is 1.94. The molecule has 0 atom stereocenters. The van der Waals surface area contributed by atoms with Gasteiger partial charge in [0.15, 0.2) is 0 Å². The highest BCUT2D eigenvalue weighted by Crippen LogP contribution is 2.25. The zero-order valence-corrected chi connectivity index (χ0v) is 19.3. The normalized spacial score (nSPS) is 10.8. The molecular weight excluding hydrogens is 430 g/mol. The molecule has 0 saturated carbocycles. The van der Waals surface area contributed by atoms with Crippen LogP contribution in [0, 0.1) is 5.92 Å². The van der Waals surface area contributed by atoms with Crippen molar-refractivity contribution in [2.24, 2.45) is 5.92 Å². The summed E-state index contributed by atoms with van der Waals surface area (Å²) in [5.41, 5.74) is 1.24. The first-order chi connectivity index (χ1) is 14.0. The molecule has 0 saturated heterocycles. The molecule has 4 nitrogen and oxygen atoms in total. The van der Waals surface area contributed by atoms with E-state index >= 15 is 0 Å². The predicted octanol–water partition coefficient (Wildman–Crippen LogP) is 7.09. The van der Waals surface area contributed by atoms with Crippen LogP contribution in [0.3, 0.4) is 0 Å². The lowest BCUT2D eigenvalue weighted by Gasteiger charge is -2.13. The molecule has 0 bridgehead atoms. The Hall–Kier alpha value is -2.01. The van der Waals surface area contributed by atoms with Crippen molar-refractivity contribution < 1.29 is 14.3 Å². The number of amides is 1. The van der Waals surface area contributed by atoms with Gasteiger partial charge in [0.25, 0.3) is 5.91 Å². The highest BCUT2D eigenvalue weighted by Gasteiger charge is 2.14. The van der Waals surface area contributed by atoms with E-state index in [2.05, 4.69) is 42.0 Å². The molecule has 1 amide bonds. The summed E-state index contributed by atoms with van der Waals surface area (Å²) in [5, 5.41) is 2.94. The lowest BCUT2D eigenvalue weighted by Crippen LogP contribution is -2.14. The summed E-state index contributed by atoms with van der Waals surface area (Å²) in [4.78, 5) is 12.8. The zero-order chi connectivity index (χ0) is 21.1. The summed E-state index contributed by atoms with van der Waals surface area (Å²) in [6.07, 6.45) is 5.66. The van der Waals surface area contributed by atoms with Crippen LogP contribution in [0.25, 0.3) is 0 Å². The van der Waals surface area contributed by atoms with Gasteiger partial charge in [0.2, 0.25) is 0 Å². The average molecular weight is 462 g/mol. The first kappa shape index (κ1) is 23.3. The van der Waals surface area contributed by atoms with E-state index in [1.165, 1.54) is 19.3 Å². The smallest absolute Gasteiger partial charge is 0.259 e. The molecule has 0 unspecified atom stereocenters. The number of unbranched alkanes of at least 4 members (excludes halogenated alkanes) is 3. The molecule has 158 valence electrons. The van der Waals surface area contributed by atoms with Crippen LogP contribution in [-0.2, 0) is 0 Å². The standard InChI is InChI=1S/C24H32BrNO3/c1-4-5-6-7-15-28-21-11-9-20(10-12-21)26-24(27)22-17-19(25)8-13-23(22)29-16-14-18(2)3/h8-13,17-18H,4-7,14-16H2,1-3H3,(H,26,27). The van der Waals surface area contributed by atoms with Gasteiger partial charge in [-0.15, -0.1) is 0 Å². The highest BCUT2D eigenvalue weighted by atomic mass is 79.9. The van der Waals surface area contributed by atoms with E-state index in [4.69, 9.17) is 9.47 Å². The summed E-state index contributed by atoms with van der Waals surface area (Å²) < 4.78 is 12.4. The van der Waals surface area contributed by atoms with Crippen molar-refractivity contribution in [2.45, 2.75) is 52.9 Å². The molecule has 1 N–H and O–H groups in total. The minimum Gasteiger partial charge on any atom is -0.494 e. The molecule has 0 radical (unpaired) electrons. The molecular formula is C24H32BrNO3. The number of carbonyl (C=O) groups excluding carboxylic acids is 1. The number of rotatable bonds is 12. The van der Waals surface area contributed by atoms with Crippen molar-refractivity contribution in [3.8, 4) is 11.5 Å². The average Bonchev–Trinajstić information content (AvgIpc) is 2.70. The third kappa shape index (κ3) is 8.48. The maximum absolute atomic E-state index is 12.8. The van der Waals surface area contributed by atoms with E-state index in [9.17, 15) is 4.79 Å². The van der Waals surface area contributed by atoms with Gasteiger partial charge in [-0.3, -0.25) is 4.79 Å². The van der Waals surface area contributed by atoms with E-state index in [1.807, 2.05) is 36.4 Å². The monoisotopic (exact) mass is 461 g/mol. The van der Waals surface area contributed by atoms with Gasteiger partial charge in [0.05, 0.1) is 18.8 Å². The van der Waals surface area contributed by atoms with Crippen molar-refractivity contribution >= 4 is 27.5 Å². The fourth-order valence-corrected chi connectivity index (χ4v) is 3.12. The lowest BCUT2D eigenvalue weighted by atomic mass is 10.1. The predicted molar refractivity (Wildman–Crippen MR) is 123 cm³/mol. The van der Waals surface area contributed by atoms with E-state index in [1.54, 1.807) is 6.07 Å². The second-order valence-electron chi connectivity index (χ2n) is 7.56. The number of carbonyl (C=O) groups is 1. The quantitative estimate of drug-likeness (QED) is 0.343. The minimum absolute atomic E-state index is 0.195. The fourth-order valence-electron chi connectivity index (χ4n) is 2.76. The van der Waals surface area contributed by atoms with Crippen LogP contribution in [0.2, 0.25) is 0 Å². The van der Waals surface area contributed by atoms with E-state index in [0.29, 0.717) is 23.8 Å². The number of ether oxygens (including phenoxy) is 2. The first-order valence-electron chi connectivity index (χ1n) is 10.5. The number of nitrogens with one attached hydrogen (secondary N) is 1. The van der Waals surface area contributed by atoms with Gasteiger partial charge in [-0.2, -0.15) is 0 Å². The summed E-state index contributed by atoms with van der Waals surface area (Å²) in [6.45, 7) is 7.81. The van der Waals surface area contributed by atoms with Gasteiger partial charge in [-0.1, -0.05) is 56.0 Å². The van der Waals surface area contributed by atoms with Crippen LogP contribution in [0.4, 0.5) is 5.69 Å². The van der Waals surface area contributed by atoms with Gasteiger partial charge in [-0.05, 0) is 61.2 Å². The van der Waals surface area contributed by atoms with Crippen LogP contribution in [0.5, 0.6) is 11.5 Å². The van der Waals surface area contributed by atoms with Crippen molar-refractivity contribution in [3.05, 3.63) is 52.5 Å². The number of anilines is 1. The topological polar surface area (TPSA) is 47.6 Å². The Bertz CT molecular complexity index is 759. The third-order valence-corrected chi connectivity index (χ3v) is 5.01. The number of halogens is 1. The molecule has 29 heavy (non-hydrogen) atoms. The number of hydrogen-bond acceptors (Lipinski definition) is 3. The Morgan fingerprint density at radius 2 is 1.76 bits per heavy atom. The highest BCUT2D eigenvalue weighted by molar-refractivity contribution is 9.10.